The molecule has 0 radical (unpaired) electrons. The second kappa shape index (κ2) is 8.60. The van der Waals surface area contributed by atoms with Gasteiger partial charge in [0, 0.05) is 24.9 Å². The molecule has 0 spiro atoms. The Bertz CT molecular complexity index is 1060. The van der Waals surface area contributed by atoms with Crippen molar-refractivity contribution in [3.63, 3.8) is 0 Å². The van der Waals surface area contributed by atoms with E-state index in [0.29, 0.717) is 12.1 Å². The molecule has 1 aliphatic rings. The normalized spacial score (nSPS) is 17.7. The number of benzene rings is 2. The van der Waals surface area contributed by atoms with Crippen LogP contribution in [0.3, 0.4) is 0 Å². The summed E-state index contributed by atoms with van der Waals surface area (Å²) in [5.74, 6) is -0.553. The lowest BCUT2D eigenvalue weighted by Gasteiger charge is -2.26. The minimum atomic E-state index is -4.60. The van der Waals surface area contributed by atoms with E-state index in [1.807, 2.05) is 19.0 Å². The highest BCUT2D eigenvalue weighted by Gasteiger charge is 2.49. The van der Waals surface area contributed by atoms with E-state index in [1.165, 1.54) is 41.4 Å². The third-order valence-electron chi connectivity index (χ3n) is 4.91. The Morgan fingerprint density at radius 3 is 2.03 bits per heavy atom. The second-order valence-corrected chi connectivity index (χ2v) is 9.64. The third kappa shape index (κ3) is 5.25. The first-order valence-corrected chi connectivity index (χ1v) is 11.3. The lowest BCUT2D eigenvalue weighted by molar-refractivity contribution is -0.147. The van der Waals surface area contributed by atoms with Gasteiger partial charge in [0.1, 0.15) is 11.9 Å². The van der Waals surface area contributed by atoms with Gasteiger partial charge in [-0.2, -0.15) is 13.2 Å². The van der Waals surface area contributed by atoms with Gasteiger partial charge in [-0.05, 0) is 49.5 Å². The summed E-state index contributed by atoms with van der Waals surface area (Å²) in [6.45, 7) is 0.715. The van der Waals surface area contributed by atoms with E-state index >= 15 is 0 Å². The van der Waals surface area contributed by atoms with Gasteiger partial charge >= 0.3 is 6.18 Å². The summed E-state index contributed by atoms with van der Waals surface area (Å²) < 4.78 is 78.9. The molecule has 168 valence electrons. The topological polar surface area (TPSA) is 52.6 Å². The van der Waals surface area contributed by atoms with Gasteiger partial charge in [0.25, 0.3) is 0 Å². The SMILES string of the molecule is CN(C)CCN1NC(C(F)(F)F)C(c2ccc(F)cc2)=C1c1ccc(S(C)(=O)=O)cc1. The van der Waals surface area contributed by atoms with Crippen molar-refractivity contribution < 1.29 is 26.0 Å². The first-order chi connectivity index (χ1) is 14.4. The molecule has 0 bridgehead atoms. The summed E-state index contributed by atoms with van der Waals surface area (Å²) in [4.78, 5) is 1.91. The number of hydrogen-bond donors (Lipinski definition) is 1. The summed E-state index contributed by atoms with van der Waals surface area (Å²) in [7, 11) is 0.160. The Hall–Kier alpha value is -2.43. The minimum Gasteiger partial charge on any atom is -0.308 e. The first-order valence-electron chi connectivity index (χ1n) is 9.43. The molecule has 1 atom stereocenters. The maximum absolute atomic E-state index is 14.0. The van der Waals surface area contributed by atoms with Crippen LogP contribution in [0.1, 0.15) is 11.1 Å². The second-order valence-electron chi connectivity index (χ2n) is 7.62. The average Bonchev–Trinajstić information content (AvgIpc) is 3.06. The number of alkyl halides is 3. The molecule has 1 heterocycles. The van der Waals surface area contributed by atoms with E-state index in [9.17, 15) is 26.0 Å². The molecule has 0 saturated carbocycles. The largest absolute Gasteiger partial charge is 0.409 e. The van der Waals surface area contributed by atoms with Crippen molar-refractivity contribution >= 4 is 21.1 Å². The Morgan fingerprint density at radius 2 is 1.55 bits per heavy atom. The summed E-state index contributed by atoms with van der Waals surface area (Å²) in [5, 5.41) is 1.42. The molecular formula is C21H23F4N3O2S. The highest BCUT2D eigenvalue weighted by atomic mass is 32.2. The molecule has 0 fully saturated rings. The van der Waals surface area contributed by atoms with Crippen LogP contribution in [0.2, 0.25) is 0 Å². The molecule has 1 N–H and O–H groups in total. The lowest BCUT2D eigenvalue weighted by atomic mass is 9.94. The summed E-state index contributed by atoms with van der Waals surface area (Å²) in [6, 6.07) is 8.55. The van der Waals surface area contributed by atoms with Gasteiger partial charge in [0.05, 0.1) is 10.6 Å². The number of nitrogens with zero attached hydrogens (tertiary/aromatic N) is 2. The Labute approximate surface area is 178 Å². The zero-order chi connectivity index (χ0) is 23.0. The van der Waals surface area contributed by atoms with E-state index in [0.717, 1.165) is 18.4 Å². The van der Waals surface area contributed by atoms with Crippen LogP contribution in [-0.4, -0.2) is 64.0 Å². The molecule has 3 rings (SSSR count). The maximum atomic E-state index is 14.0. The zero-order valence-electron chi connectivity index (χ0n) is 17.2. The van der Waals surface area contributed by atoms with E-state index in [4.69, 9.17) is 0 Å². The summed E-state index contributed by atoms with van der Waals surface area (Å²) >= 11 is 0. The predicted molar refractivity (Wildman–Crippen MR) is 111 cm³/mol. The van der Waals surface area contributed by atoms with Gasteiger partial charge in [-0.25, -0.2) is 18.2 Å². The fraction of sp³-hybridized carbons (Fsp3) is 0.333. The van der Waals surface area contributed by atoms with Crippen molar-refractivity contribution in [2.75, 3.05) is 33.4 Å². The van der Waals surface area contributed by atoms with E-state index in [-0.39, 0.29) is 28.3 Å². The van der Waals surface area contributed by atoms with Crippen LogP contribution >= 0.6 is 0 Å². The molecule has 31 heavy (non-hydrogen) atoms. The molecule has 2 aromatic rings. The molecule has 0 saturated heterocycles. The molecule has 1 unspecified atom stereocenters. The van der Waals surface area contributed by atoms with Crippen molar-refractivity contribution in [1.29, 1.82) is 0 Å². The van der Waals surface area contributed by atoms with Crippen molar-refractivity contribution in [3.05, 3.63) is 65.5 Å². The molecule has 0 aromatic heterocycles. The monoisotopic (exact) mass is 457 g/mol. The average molecular weight is 457 g/mol. The van der Waals surface area contributed by atoms with Gasteiger partial charge < -0.3 is 9.91 Å². The minimum absolute atomic E-state index is 0.0432. The number of rotatable bonds is 6. The van der Waals surface area contributed by atoms with Crippen molar-refractivity contribution in [2.24, 2.45) is 0 Å². The zero-order valence-corrected chi connectivity index (χ0v) is 18.1. The lowest BCUT2D eigenvalue weighted by Crippen LogP contribution is -2.47. The number of likely N-dealkylation sites (N-methyl/N-ethyl adjacent to an activating group) is 1. The Balaban J connectivity index is 2.20. The Morgan fingerprint density at radius 1 is 1.00 bits per heavy atom. The van der Waals surface area contributed by atoms with Gasteiger partial charge in [-0.15, -0.1) is 0 Å². The third-order valence-corrected chi connectivity index (χ3v) is 6.04. The first kappa shape index (κ1) is 23.2. The number of hydrogen-bond acceptors (Lipinski definition) is 5. The highest BCUT2D eigenvalue weighted by Crippen LogP contribution is 2.42. The smallest absolute Gasteiger partial charge is 0.308 e. The number of halogens is 4. The number of sulfone groups is 1. The van der Waals surface area contributed by atoms with Crippen LogP contribution in [0, 0.1) is 5.82 Å². The van der Waals surface area contributed by atoms with Crippen LogP contribution < -0.4 is 5.43 Å². The fourth-order valence-electron chi connectivity index (χ4n) is 3.38. The van der Waals surface area contributed by atoms with Crippen LogP contribution in [0.4, 0.5) is 17.6 Å². The van der Waals surface area contributed by atoms with Crippen molar-refractivity contribution in [2.45, 2.75) is 17.1 Å². The molecule has 10 heteroatoms. The molecular weight excluding hydrogens is 434 g/mol. The molecule has 1 aliphatic heterocycles. The van der Waals surface area contributed by atoms with E-state index < -0.39 is 27.9 Å². The summed E-state index contributed by atoms with van der Waals surface area (Å²) in [5.41, 5.74) is 3.42. The van der Waals surface area contributed by atoms with Crippen molar-refractivity contribution in [1.82, 2.24) is 15.3 Å². The van der Waals surface area contributed by atoms with Crippen LogP contribution in [0.5, 0.6) is 0 Å². The van der Waals surface area contributed by atoms with Crippen LogP contribution in [0.25, 0.3) is 11.3 Å². The van der Waals surface area contributed by atoms with Crippen LogP contribution in [0.15, 0.2) is 53.4 Å². The fourth-order valence-corrected chi connectivity index (χ4v) is 4.01. The quantitative estimate of drug-likeness (QED) is 0.674. The van der Waals surface area contributed by atoms with Gasteiger partial charge in [-0.1, -0.05) is 24.3 Å². The number of hydrazine groups is 1. The molecule has 0 amide bonds. The predicted octanol–water partition coefficient (Wildman–Crippen LogP) is 3.41. The maximum Gasteiger partial charge on any atom is 0.409 e. The van der Waals surface area contributed by atoms with E-state index in [2.05, 4.69) is 5.43 Å². The molecule has 0 aliphatic carbocycles. The van der Waals surface area contributed by atoms with Gasteiger partial charge in [-0.3, -0.25) is 0 Å². The van der Waals surface area contributed by atoms with Crippen LogP contribution in [-0.2, 0) is 9.84 Å². The Kier molecular flexibility index (Phi) is 6.45. The standard InChI is InChI=1S/C21H23F4N3O2S/c1-27(2)12-13-28-19(15-6-10-17(11-7-15)31(3,29)30)18(20(26-28)21(23,24)25)14-4-8-16(22)9-5-14/h4-11,20,26H,12-13H2,1-3H3. The summed E-state index contributed by atoms with van der Waals surface area (Å²) in [6.07, 6.45) is -3.54. The molecule has 5 nitrogen and oxygen atoms in total. The van der Waals surface area contributed by atoms with Gasteiger partial charge in [0.15, 0.2) is 9.84 Å². The van der Waals surface area contributed by atoms with Crippen molar-refractivity contribution in [3.8, 4) is 0 Å². The number of nitrogens with one attached hydrogen (secondary N) is 1. The molecule has 2 aromatic carbocycles. The van der Waals surface area contributed by atoms with E-state index in [1.54, 1.807) is 0 Å². The van der Waals surface area contributed by atoms with Gasteiger partial charge in [0.2, 0.25) is 0 Å². The highest BCUT2D eigenvalue weighted by molar-refractivity contribution is 7.90.